The summed E-state index contributed by atoms with van der Waals surface area (Å²) in [5.74, 6) is 2.94. The molecule has 0 spiro atoms. The quantitative estimate of drug-likeness (QED) is 0.292. The first kappa shape index (κ1) is 27.3. The number of carbonyl (C=O) groups excluding carboxylic acids is 2. The molecule has 6 rings (SSSR count). The smallest absolute Gasteiger partial charge is 0.372 e. The Hall–Kier alpha value is -2.88. The predicted molar refractivity (Wildman–Crippen MR) is 145 cm³/mol. The van der Waals surface area contributed by atoms with Crippen LogP contribution in [-0.2, 0) is 9.59 Å². The second-order valence-electron chi connectivity index (χ2n) is 12.6. The van der Waals surface area contributed by atoms with Gasteiger partial charge in [0.2, 0.25) is 0 Å². The molecule has 1 aromatic carbocycles. The Bertz CT molecular complexity index is 1360. The van der Waals surface area contributed by atoms with E-state index in [1.54, 1.807) is 0 Å². The molecule has 4 aliphatic carbocycles. The number of allylic oxidation sites excluding steroid dienone is 4. The molecule has 0 N–H and O–H groups in total. The van der Waals surface area contributed by atoms with Crippen LogP contribution in [0.5, 0.6) is 0 Å². The highest BCUT2D eigenvalue weighted by Crippen LogP contribution is 2.69. The number of halogens is 4. The summed E-state index contributed by atoms with van der Waals surface area (Å²) in [7, 11) is 0. The van der Waals surface area contributed by atoms with Crippen molar-refractivity contribution in [1.82, 2.24) is 0 Å². The zero-order valence-electron chi connectivity index (χ0n) is 23.0. The summed E-state index contributed by atoms with van der Waals surface area (Å²) in [4.78, 5) is 27.9. The summed E-state index contributed by atoms with van der Waals surface area (Å²) < 4.78 is 55.8. The molecule has 0 amide bonds. The Morgan fingerprint density at radius 1 is 1.10 bits per heavy atom. The van der Waals surface area contributed by atoms with Crippen molar-refractivity contribution >= 4 is 17.3 Å². The van der Waals surface area contributed by atoms with Gasteiger partial charge < -0.3 is 4.90 Å². The fraction of sp³-hybridized carbons (Fsp3) is 0.576. The summed E-state index contributed by atoms with van der Waals surface area (Å²) in [6, 6.07) is 8.40. The van der Waals surface area contributed by atoms with E-state index in [0.29, 0.717) is 31.3 Å². The minimum Gasteiger partial charge on any atom is -0.372 e. The minimum absolute atomic E-state index is 0.0634. The van der Waals surface area contributed by atoms with Gasteiger partial charge in [0.25, 0.3) is 0 Å². The Morgan fingerprint density at radius 2 is 1.80 bits per heavy atom. The van der Waals surface area contributed by atoms with Gasteiger partial charge in [0.15, 0.2) is 5.78 Å². The highest BCUT2D eigenvalue weighted by Gasteiger charge is 2.65. The number of nitrogens with zero attached hydrogens (tertiary/aromatic N) is 1. The molecule has 3 fully saturated rings. The van der Waals surface area contributed by atoms with Gasteiger partial charge in [-0.25, -0.2) is 4.39 Å². The van der Waals surface area contributed by atoms with Crippen LogP contribution in [0.1, 0.15) is 76.7 Å². The van der Waals surface area contributed by atoms with Crippen LogP contribution in [0.3, 0.4) is 0 Å². The van der Waals surface area contributed by atoms with Gasteiger partial charge in [-0.1, -0.05) is 30.6 Å². The number of anilines is 1. The lowest BCUT2D eigenvalue weighted by atomic mass is 9.48. The monoisotopic (exact) mass is 553 g/mol. The van der Waals surface area contributed by atoms with Gasteiger partial charge in [-0.05, 0) is 104 Å². The van der Waals surface area contributed by atoms with Crippen molar-refractivity contribution in [3.05, 3.63) is 52.6 Å². The normalized spacial score (nSPS) is 35.4. The Labute approximate surface area is 233 Å². The number of hydrogen-bond donors (Lipinski definition) is 0. The van der Waals surface area contributed by atoms with Gasteiger partial charge in [-0.15, -0.1) is 0 Å². The average molecular weight is 554 g/mol. The van der Waals surface area contributed by atoms with Crippen molar-refractivity contribution in [1.29, 1.82) is 0 Å². The zero-order chi connectivity index (χ0) is 28.4. The molecule has 5 aliphatic rings. The molecule has 0 aromatic heterocycles. The average Bonchev–Trinajstić information content (AvgIpc) is 3.54. The van der Waals surface area contributed by atoms with Gasteiger partial charge in [-0.2, -0.15) is 13.2 Å². The minimum atomic E-state index is -4.70. The molecule has 1 aromatic rings. The van der Waals surface area contributed by atoms with Crippen molar-refractivity contribution in [3.63, 3.8) is 0 Å². The van der Waals surface area contributed by atoms with E-state index < -0.39 is 23.2 Å². The maximum Gasteiger partial charge on any atom is 0.457 e. The highest BCUT2D eigenvalue weighted by atomic mass is 19.4. The molecule has 0 radical (unpaired) electrons. The van der Waals surface area contributed by atoms with Crippen molar-refractivity contribution in [2.45, 2.75) is 83.5 Å². The fourth-order valence-corrected chi connectivity index (χ4v) is 8.90. The molecule has 1 heterocycles. The van der Waals surface area contributed by atoms with E-state index in [1.165, 1.54) is 18.9 Å². The molecule has 40 heavy (non-hydrogen) atoms. The van der Waals surface area contributed by atoms with E-state index in [1.807, 2.05) is 6.92 Å². The lowest BCUT2D eigenvalue weighted by Gasteiger charge is -2.55. The van der Waals surface area contributed by atoms with Crippen LogP contribution in [0, 0.1) is 34.5 Å². The molecule has 2 unspecified atom stereocenters. The molecule has 1 saturated heterocycles. The van der Waals surface area contributed by atoms with Crippen molar-refractivity contribution in [3.8, 4) is 11.8 Å². The number of alkyl halides is 4. The number of ketones is 2. The fourth-order valence-electron chi connectivity index (χ4n) is 8.90. The van der Waals surface area contributed by atoms with Crippen molar-refractivity contribution < 1.29 is 27.2 Å². The van der Waals surface area contributed by atoms with Crippen LogP contribution in [0.25, 0.3) is 0 Å². The predicted octanol–water partition coefficient (Wildman–Crippen LogP) is 7.28. The van der Waals surface area contributed by atoms with Crippen molar-refractivity contribution in [2.75, 3.05) is 18.0 Å². The maximum atomic E-state index is 15.8. The summed E-state index contributed by atoms with van der Waals surface area (Å²) in [6.07, 6.45) is -0.000550. The Kier molecular flexibility index (Phi) is 6.55. The van der Waals surface area contributed by atoms with Crippen LogP contribution < -0.4 is 4.90 Å². The van der Waals surface area contributed by atoms with Crippen LogP contribution in [0.2, 0.25) is 0 Å². The van der Waals surface area contributed by atoms with E-state index in [0.717, 1.165) is 48.3 Å². The van der Waals surface area contributed by atoms with Crippen LogP contribution >= 0.6 is 0 Å². The van der Waals surface area contributed by atoms with E-state index in [2.05, 4.69) is 35.1 Å². The Balaban J connectivity index is 1.51. The number of hydrogen-bond acceptors (Lipinski definition) is 3. The van der Waals surface area contributed by atoms with E-state index in [4.69, 9.17) is 0 Å². The van der Waals surface area contributed by atoms with Crippen LogP contribution in [0.4, 0.5) is 23.2 Å². The Morgan fingerprint density at radius 3 is 2.45 bits per heavy atom. The lowest BCUT2D eigenvalue weighted by Crippen LogP contribution is -2.51. The van der Waals surface area contributed by atoms with Gasteiger partial charge in [-0.3, -0.25) is 9.59 Å². The number of fused-ring (bicyclic) bond motifs is 4. The summed E-state index contributed by atoms with van der Waals surface area (Å²) in [5, 5.41) is 0. The highest BCUT2D eigenvalue weighted by molar-refractivity contribution is 5.93. The van der Waals surface area contributed by atoms with E-state index in [-0.39, 0.29) is 42.2 Å². The zero-order valence-corrected chi connectivity index (χ0v) is 23.0. The van der Waals surface area contributed by atoms with Gasteiger partial charge >= 0.3 is 6.18 Å². The SMILES string of the molecule is CC(=O)[C@@]1(C#CC(F)(F)F)CC[C@H]2[C@@H]3CC(F)C4=CC(=O)CCC4=C3C(c3ccc(N4CCCC4)cc3)C[C@@]21C. The molecule has 212 valence electrons. The number of benzene rings is 1. The third-order valence-corrected chi connectivity index (χ3v) is 10.7. The summed E-state index contributed by atoms with van der Waals surface area (Å²) in [5.41, 5.74) is 2.40. The second-order valence-corrected chi connectivity index (χ2v) is 12.6. The third kappa shape index (κ3) is 4.25. The molecule has 3 nitrogen and oxygen atoms in total. The molecule has 0 bridgehead atoms. The van der Waals surface area contributed by atoms with Crippen LogP contribution in [-0.4, -0.2) is 37.0 Å². The first-order valence-corrected chi connectivity index (χ1v) is 14.5. The first-order chi connectivity index (χ1) is 18.9. The number of Topliss-reactive ketones (excluding diaryl/α,β-unsaturated/α-hetero) is 1. The molecule has 6 atom stereocenters. The second kappa shape index (κ2) is 9.60. The van der Waals surface area contributed by atoms with Gasteiger partial charge in [0, 0.05) is 37.0 Å². The van der Waals surface area contributed by atoms with E-state index in [9.17, 15) is 22.8 Å². The molecule has 1 aliphatic heterocycles. The molecule has 7 heteroatoms. The lowest BCUT2D eigenvalue weighted by molar-refractivity contribution is -0.130. The van der Waals surface area contributed by atoms with E-state index >= 15 is 4.39 Å². The molecular formula is C33H35F4NO2. The van der Waals surface area contributed by atoms with Gasteiger partial charge in [0.1, 0.15) is 12.0 Å². The molecule has 2 saturated carbocycles. The molecular weight excluding hydrogens is 518 g/mol. The van der Waals surface area contributed by atoms with Crippen LogP contribution in [0.15, 0.2) is 47.1 Å². The number of rotatable bonds is 3. The number of carbonyl (C=O) groups is 2. The van der Waals surface area contributed by atoms with Crippen molar-refractivity contribution in [2.24, 2.45) is 22.7 Å². The third-order valence-electron chi connectivity index (χ3n) is 10.7. The summed E-state index contributed by atoms with van der Waals surface area (Å²) in [6.45, 7) is 5.31. The standard InChI is InChI=1S/C33H35F4NO2/c1-20(39)32(13-14-33(35,36)37)12-11-28-26-18-29(34)25-17-23(40)9-10-24(25)30(26)27(19-31(28,32)2)21-5-7-22(8-6-21)38-15-3-4-16-38/h5-8,17,26-29H,3-4,9-12,15-16,18-19H2,1-2H3/t26-,27?,28-,29?,31-,32-/m0/s1. The maximum absolute atomic E-state index is 15.8. The summed E-state index contributed by atoms with van der Waals surface area (Å²) >= 11 is 0. The first-order valence-electron chi connectivity index (χ1n) is 14.5. The topological polar surface area (TPSA) is 37.4 Å². The largest absolute Gasteiger partial charge is 0.457 e. The van der Waals surface area contributed by atoms with Gasteiger partial charge in [0.05, 0.1) is 5.41 Å².